The highest BCUT2D eigenvalue weighted by Crippen LogP contribution is 2.47. The first-order chi connectivity index (χ1) is 66.0. The third-order valence-electron chi connectivity index (χ3n) is 29.5. The van der Waals surface area contributed by atoms with Crippen LogP contribution < -0.4 is 30.5 Å². The second-order valence-corrected chi connectivity index (χ2v) is 43.8. The Balaban J connectivity index is 0.000000191. The lowest BCUT2D eigenvalue weighted by Gasteiger charge is -2.32. The Bertz CT molecular complexity index is 5480. The summed E-state index contributed by atoms with van der Waals surface area (Å²) in [6.45, 7) is 42.0. The van der Waals surface area contributed by atoms with Crippen molar-refractivity contribution in [3.63, 3.8) is 0 Å². The standard InChI is InChI=1S/C60H74B2N2O4.C48H50Br2N2.C12H24B2O4/c1-11-13-15-17-19-45-21-33-51(34-22-45)63(52-35-23-46(24-36-52)20-18-16-14-12-2)53-37-25-47(26-38-53)48-27-39-54(40-28-48)64(55-41-29-49(30-42-55)61-65-57(3,4)58(5,6)66-61)56-43-31-50(32-44-56)62-67-59(7,8)60(9,10)68-62;1-3-5-7-9-11-37-13-25-43(26-14-37)51(44-27-15-38(16-28-44)12-10-8-6-4-2)45-29-17-39(18-30-45)40-19-31-46(32-20-40)52(47-33-21-41(49)22-34-47)48-35-23-42(50)24-36-48;1-9(2)10(3,4)16-13(15-9)14-17-11(5,6)12(7,8)18-14/h21-44H,11-20H2,1-10H3;13-36H,3-12H2,1-2H3;1-8H3. The molecule has 18 heteroatoms. The van der Waals surface area contributed by atoms with Crippen molar-refractivity contribution < 1.29 is 37.2 Å². The topological polar surface area (TPSA) is 86.8 Å². The van der Waals surface area contributed by atoms with Gasteiger partial charge in [-0.3, -0.25) is 0 Å². The molecule has 0 radical (unpaired) electrons. The molecule has 12 aromatic rings. The summed E-state index contributed by atoms with van der Waals surface area (Å²) >= 11 is 7.19. The van der Waals surface area contributed by atoms with Crippen LogP contribution in [0, 0.1) is 0 Å². The smallest absolute Gasteiger partial charge is 0.405 e. The van der Waals surface area contributed by atoms with Crippen LogP contribution in [-0.2, 0) is 62.9 Å². The van der Waals surface area contributed by atoms with Crippen LogP contribution in [0.25, 0.3) is 22.3 Å². The predicted molar refractivity (Wildman–Crippen MR) is 593 cm³/mol. The molecule has 4 aliphatic heterocycles. The van der Waals surface area contributed by atoms with Crippen molar-refractivity contribution in [1.29, 1.82) is 0 Å². The van der Waals surface area contributed by atoms with Crippen LogP contribution >= 0.6 is 31.9 Å². The first-order valence-corrected chi connectivity index (χ1v) is 52.7. The van der Waals surface area contributed by atoms with E-state index >= 15 is 0 Å². The number of aryl methyl sites for hydroxylation is 4. The highest BCUT2D eigenvalue weighted by atomic mass is 79.9. The third-order valence-corrected chi connectivity index (χ3v) is 30.6. The molecule has 0 bridgehead atoms. The molecule has 0 unspecified atom stereocenters. The predicted octanol–water partition coefficient (Wildman–Crippen LogP) is 33.5. The molecule has 0 aliphatic carbocycles. The molecule has 4 aliphatic rings. The lowest BCUT2D eigenvalue weighted by Crippen LogP contribution is -2.41. The number of benzene rings is 12. The van der Waals surface area contributed by atoms with E-state index in [2.05, 4.69) is 426 Å². The minimum atomic E-state index is -0.476. The fourth-order valence-corrected chi connectivity index (χ4v) is 18.5. The summed E-state index contributed by atoms with van der Waals surface area (Å²) in [6, 6.07) is 107. The maximum Gasteiger partial charge on any atom is 0.494 e. The molecule has 0 N–H and O–H groups in total. The number of nitrogens with zero attached hydrogens (tertiary/aromatic N) is 4. The van der Waals surface area contributed by atoms with Crippen molar-refractivity contribution in [3.05, 3.63) is 322 Å². The molecule has 0 spiro atoms. The van der Waals surface area contributed by atoms with E-state index in [0.717, 1.165) is 102 Å². The Morgan fingerprint density at radius 1 is 0.188 bits per heavy atom. The molecule has 4 heterocycles. The van der Waals surface area contributed by atoms with Crippen molar-refractivity contribution >= 4 is 139 Å². The van der Waals surface area contributed by atoms with Gasteiger partial charge in [0.2, 0.25) is 0 Å². The Hall–Kier alpha value is -9.26. The fourth-order valence-electron chi connectivity index (χ4n) is 18.0. The first kappa shape index (κ1) is 105. The quantitative estimate of drug-likeness (QED) is 0.0274. The van der Waals surface area contributed by atoms with E-state index in [1.807, 2.05) is 55.4 Å². The molecule has 722 valence electrons. The van der Waals surface area contributed by atoms with Crippen molar-refractivity contribution in [2.75, 3.05) is 19.6 Å². The molecule has 138 heavy (non-hydrogen) atoms. The second-order valence-electron chi connectivity index (χ2n) is 42.0. The minimum Gasteiger partial charge on any atom is -0.405 e. The van der Waals surface area contributed by atoms with Gasteiger partial charge in [-0.15, -0.1) is 0 Å². The minimum absolute atomic E-state index is 0.360. The maximum atomic E-state index is 6.41. The van der Waals surface area contributed by atoms with Crippen molar-refractivity contribution in [1.82, 2.24) is 0 Å². The van der Waals surface area contributed by atoms with E-state index in [4.69, 9.17) is 37.2 Å². The summed E-state index contributed by atoms with van der Waals surface area (Å²) < 4.78 is 51.6. The number of rotatable bonds is 37. The van der Waals surface area contributed by atoms with Gasteiger partial charge in [0.15, 0.2) is 0 Å². The van der Waals surface area contributed by atoms with Crippen molar-refractivity contribution in [2.45, 2.75) is 312 Å². The lowest BCUT2D eigenvalue weighted by molar-refractivity contribution is 0.00578. The summed E-state index contributed by atoms with van der Waals surface area (Å²) in [6.07, 6.45) is 25.0. The summed E-state index contributed by atoms with van der Waals surface area (Å²) in [5.41, 5.74) is 22.7. The van der Waals surface area contributed by atoms with E-state index in [1.165, 1.54) is 159 Å². The Labute approximate surface area is 846 Å². The third kappa shape index (κ3) is 25.8. The van der Waals surface area contributed by atoms with E-state index in [1.54, 1.807) is 0 Å². The number of unbranched alkanes of at least 4 members (excludes halogenated alkanes) is 12. The van der Waals surface area contributed by atoms with Crippen LogP contribution in [0.2, 0.25) is 0 Å². The zero-order chi connectivity index (χ0) is 98.2. The van der Waals surface area contributed by atoms with E-state index in [0.29, 0.717) is 0 Å². The second kappa shape index (κ2) is 46.2. The van der Waals surface area contributed by atoms with Crippen molar-refractivity contribution in [3.8, 4) is 22.3 Å². The molecule has 12 aromatic carbocycles. The van der Waals surface area contributed by atoms with Gasteiger partial charge in [-0.25, -0.2) is 0 Å². The van der Waals surface area contributed by atoms with Crippen LogP contribution in [0.4, 0.5) is 68.2 Å². The first-order valence-electron chi connectivity index (χ1n) is 51.1. The number of halogens is 2. The summed E-state index contributed by atoms with van der Waals surface area (Å²) in [7, 11) is -1.82. The molecular formula is C120H148B4Br2N4O8. The van der Waals surface area contributed by atoms with Crippen LogP contribution in [0.5, 0.6) is 0 Å². The Morgan fingerprint density at radius 2 is 0.341 bits per heavy atom. The van der Waals surface area contributed by atoms with Gasteiger partial charge in [0.1, 0.15) is 0 Å². The molecule has 4 fully saturated rings. The van der Waals surface area contributed by atoms with E-state index in [9.17, 15) is 0 Å². The molecule has 0 amide bonds. The highest BCUT2D eigenvalue weighted by molar-refractivity contribution is 9.10. The van der Waals surface area contributed by atoms with Crippen molar-refractivity contribution in [2.24, 2.45) is 0 Å². The average molecular weight is 1980 g/mol. The summed E-state index contributed by atoms with van der Waals surface area (Å²) in [5, 5.41) is 0. The zero-order valence-electron chi connectivity index (χ0n) is 86.0. The molecular weight excluding hydrogens is 1830 g/mol. The molecule has 12 nitrogen and oxygen atoms in total. The van der Waals surface area contributed by atoms with E-state index in [-0.39, 0.29) is 22.4 Å². The Kier molecular flexibility index (Phi) is 35.0. The van der Waals surface area contributed by atoms with Crippen LogP contribution in [0.3, 0.4) is 0 Å². The summed E-state index contributed by atoms with van der Waals surface area (Å²) in [4.78, 5) is 9.36. The van der Waals surface area contributed by atoms with Crippen LogP contribution in [-0.4, -0.2) is 73.1 Å². The molecule has 4 saturated heterocycles. The monoisotopic (exact) mass is 1980 g/mol. The van der Waals surface area contributed by atoms with Gasteiger partial charge >= 0.3 is 28.3 Å². The number of hydrogen-bond acceptors (Lipinski definition) is 12. The number of hydrogen-bond donors (Lipinski definition) is 0. The molecule has 0 saturated carbocycles. The summed E-state index contributed by atoms with van der Waals surface area (Å²) in [5.74, 6) is 0. The van der Waals surface area contributed by atoms with Gasteiger partial charge in [0, 0.05) is 77.2 Å². The number of anilines is 12. The van der Waals surface area contributed by atoms with Gasteiger partial charge in [-0.05, 0) is 387 Å². The average Bonchev–Trinajstić information content (AvgIpc) is 1.58. The van der Waals surface area contributed by atoms with Gasteiger partial charge in [0.25, 0.3) is 0 Å². The van der Waals surface area contributed by atoms with Crippen LogP contribution in [0.15, 0.2) is 300 Å². The van der Waals surface area contributed by atoms with Gasteiger partial charge in [-0.2, -0.15) is 0 Å². The lowest BCUT2D eigenvalue weighted by atomic mass is 9.49. The van der Waals surface area contributed by atoms with Gasteiger partial charge < -0.3 is 56.8 Å². The van der Waals surface area contributed by atoms with Gasteiger partial charge in [-0.1, -0.05) is 258 Å². The zero-order valence-corrected chi connectivity index (χ0v) is 89.1. The highest BCUT2D eigenvalue weighted by Gasteiger charge is 2.64. The molecule has 16 rings (SSSR count). The molecule has 0 atom stereocenters. The van der Waals surface area contributed by atoms with Gasteiger partial charge in [0.05, 0.1) is 44.8 Å². The fraction of sp³-hybridized carbons (Fsp3) is 0.400. The largest absolute Gasteiger partial charge is 0.494 e. The van der Waals surface area contributed by atoms with Crippen LogP contribution in [0.1, 0.15) is 263 Å². The van der Waals surface area contributed by atoms with E-state index < -0.39 is 50.7 Å². The maximum absolute atomic E-state index is 6.41. The SMILES string of the molecule is CC1(C)OB(B2OC(C)(C)C(C)(C)O2)OC1(C)C.CCCCCCc1ccc(N(c2ccc(CCCCCC)cc2)c2ccc(-c3ccc(N(c4ccc(B5OC(C)(C)C(C)(C)O5)cc4)c4ccc(B5OC(C)(C)C(C)(C)O5)cc4)cc3)cc2)cc1.CCCCCCc1ccc(N(c2ccc(CCCCCC)cc2)c2ccc(-c3ccc(N(c4ccc(Br)cc4)c4ccc(Br)cc4)cc3)cc2)cc1. The Morgan fingerprint density at radius 3 is 0.514 bits per heavy atom. The molecule has 0 aromatic heterocycles. The normalized spacial score (nSPS) is 16.7.